The lowest BCUT2D eigenvalue weighted by molar-refractivity contribution is -0.134. The fourth-order valence-corrected chi connectivity index (χ4v) is 0.887. The molecule has 1 amide bonds. The number of rotatable bonds is 4. The van der Waals surface area contributed by atoms with Gasteiger partial charge >= 0.3 is 5.97 Å². The van der Waals surface area contributed by atoms with E-state index in [2.05, 4.69) is 10.1 Å². The maximum Gasteiger partial charge on any atom is 0.332 e. The first-order valence-electron chi connectivity index (χ1n) is 4.65. The topological polar surface area (TPSA) is 55.4 Å². The van der Waals surface area contributed by atoms with Crippen LogP contribution >= 0.6 is 0 Å². The zero-order valence-electron chi connectivity index (χ0n) is 9.59. The summed E-state index contributed by atoms with van der Waals surface area (Å²) in [6, 6.07) is 0. The van der Waals surface area contributed by atoms with E-state index in [9.17, 15) is 9.59 Å². The Kier molecular flexibility index (Phi) is 6.09. The maximum absolute atomic E-state index is 11.0. The summed E-state index contributed by atoms with van der Waals surface area (Å²) in [5, 5.41) is 2.58. The summed E-state index contributed by atoms with van der Waals surface area (Å²) >= 11 is 0. The van der Waals surface area contributed by atoms with E-state index < -0.39 is 5.97 Å². The minimum absolute atomic E-state index is 0.202. The minimum Gasteiger partial charge on any atom is -0.466 e. The SMILES string of the molecule is COC(=O)/C=C(\CC=C(C)C)NC(C)=O. The Morgan fingerprint density at radius 1 is 1.27 bits per heavy atom. The summed E-state index contributed by atoms with van der Waals surface area (Å²) in [7, 11) is 1.30. The van der Waals surface area contributed by atoms with E-state index in [1.807, 2.05) is 19.9 Å². The predicted octanol–water partition coefficient (Wildman–Crippen LogP) is 1.54. The fourth-order valence-electron chi connectivity index (χ4n) is 0.887. The van der Waals surface area contributed by atoms with E-state index >= 15 is 0 Å². The smallest absolute Gasteiger partial charge is 0.332 e. The number of esters is 1. The van der Waals surface area contributed by atoms with Gasteiger partial charge in [-0.15, -0.1) is 0 Å². The third kappa shape index (κ3) is 7.49. The highest BCUT2D eigenvalue weighted by Gasteiger charge is 2.02. The van der Waals surface area contributed by atoms with E-state index in [1.165, 1.54) is 20.1 Å². The summed E-state index contributed by atoms with van der Waals surface area (Å²) in [4.78, 5) is 21.8. The normalized spacial score (nSPS) is 10.5. The number of methoxy groups -OCH3 is 1. The summed E-state index contributed by atoms with van der Waals surface area (Å²) in [6.07, 6.45) is 3.71. The molecule has 4 nitrogen and oxygen atoms in total. The monoisotopic (exact) mass is 211 g/mol. The standard InChI is InChI=1S/C11H17NO3/c1-8(2)5-6-10(12-9(3)13)7-11(14)15-4/h5,7H,6H2,1-4H3,(H,12,13)/b10-7+. The van der Waals surface area contributed by atoms with Crippen LogP contribution in [0.25, 0.3) is 0 Å². The lowest BCUT2D eigenvalue weighted by atomic mass is 10.2. The quantitative estimate of drug-likeness (QED) is 0.436. The summed E-state index contributed by atoms with van der Waals surface area (Å²) in [5.41, 5.74) is 1.66. The van der Waals surface area contributed by atoms with Gasteiger partial charge in [-0.25, -0.2) is 4.79 Å². The number of carbonyl (C=O) groups is 2. The third-order valence-electron chi connectivity index (χ3n) is 1.56. The van der Waals surface area contributed by atoms with E-state index in [1.54, 1.807) is 0 Å². The molecule has 0 unspecified atom stereocenters. The summed E-state index contributed by atoms with van der Waals surface area (Å²) in [5.74, 6) is -0.673. The van der Waals surface area contributed by atoms with Crippen molar-refractivity contribution in [1.82, 2.24) is 5.32 Å². The second kappa shape index (κ2) is 6.81. The highest BCUT2D eigenvalue weighted by atomic mass is 16.5. The molecule has 0 saturated heterocycles. The number of carbonyl (C=O) groups excluding carboxylic acids is 2. The highest BCUT2D eigenvalue weighted by molar-refractivity contribution is 5.84. The van der Waals surface area contributed by atoms with E-state index in [-0.39, 0.29) is 5.91 Å². The Labute approximate surface area is 90.0 Å². The number of ether oxygens (including phenoxy) is 1. The Balaban J connectivity index is 4.57. The lowest BCUT2D eigenvalue weighted by Crippen LogP contribution is -2.20. The molecule has 0 bridgehead atoms. The molecule has 0 saturated carbocycles. The molecule has 0 aromatic rings. The van der Waals surface area contributed by atoms with Crippen LogP contribution in [0.15, 0.2) is 23.4 Å². The molecule has 4 heteroatoms. The molecule has 15 heavy (non-hydrogen) atoms. The Bertz CT molecular complexity index is 299. The van der Waals surface area contributed by atoms with E-state index in [0.29, 0.717) is 12.1 Å². The van der Waals surface area contributed by atoms with Crippen LogP contribution < -0.4 is 5.32 Å². The second-order valence-electron chi connectivity index (χ2n) is 3.36. The highest BCUT2D eigenvalue weighted by Crippen LogP contribution is 2.02. The van der Waals surface area contributed by atoms with Gasteiger partial charge in [-0.2, -0.15) is 0 Å². The van der Waals surface area contributed by atoms with E-state index in [4.69, 9.17) is 0 Å². The number of hydrogen-bond acceptors (Lipinski definition) is 3. The van der Waals surface area contributed by atoms with E-state index in [0.717, 1.165) is 5.57 Å². The zero-order chi connectivity index (χ0) is 11.8. The molecule has 0 spiro atoms. The van der Waals surface area contributed by atoms with Gasteiger partial charge in [-0.05, 0) is 13.8 Å². The van der Waals surface area contributed by atoms with Crippen molar-refractivity contribution in [2.75, 3.05) is 7.11 Å². The molecule has 0 atom stereocenters. The zero-order valence-corrected chi connectivity index (χ0v) is 9.59. The first-order valence-corrected chi connectivity index (χ1v) is 4.65. The van der Waals surface area contributed by atoms with Crippen molar-refractivity contribution in [1.29, 1.82) is 0 Å². The molecule has 84 valence electrons. The number of amides is 1. The van der Waals surface area contributed by atoms with Gasteiger partial charge in [0.05, 0.1) is 7.11 Å². The van der Waals surface area contributed by atoms with Crippen molar-refractivity contribution < 1.29 is 14.3 Å². The number of hydrogen-bond donors (Lipinski definition) is 1. The Morgan fingerprint density at radius 2 is 1.87 bits per heavy atom. The average molecular weight is 211 g/mol. The van der Waals surface area contributed by atoms with Crippen molar-refractivity contribution >= 4 is 11.9 Å². The van der Waals surface area contributed by atoms with Gasteiger partial charge in [0.25, 0.3) is 0 Å². The van der Waals surface area contributed by atoms with Gasteiger partial charge in [-0.1, -0.05) is 11.6 Å². The van der Waals surface area contributed by atoms with Gasteiger partial charge in [-0.3, -0.25) is 4.79 Å². The molecule has 0 radical (unpaired) electrons. The van der Waals surface area contributed by atoms with Crippen LogP contribution in [0.1, 0.15) is 27.2 Å². The predicted molar refractivity (Wildman–Crippen MR) is 58.0 cm³/mol. The summed E-state index contributed by atoms with van der Waals surface area (Å²) < 4.78 is 4.48. The van der Waals surface area contributed by atoms with Crippen LogP contribution in [-0.4, -0.2) is 19.0 Å². The van der Waals surface area contributed by atoms with Crippen LogP contribution in [-0.2, 0) is 14.3 Å². The molecule has 0 aliphatic heterocycles. The van der Waals surface area contributed by atoms with Crippen molar-refractivity contribution in [2.24, 2.45) is 0 Å². The molecule has 0 fully saturated rings. The van der Waals surface area contributed by atoms with Crippen molar-refractivity contribution in [3.63, 3.8) is 0 Å². The number of nitrogens with one attached hydrogen (secondary N) is 1. The van der Waals surface area contributed by atoms with Crippen LogP contribution in [0.5, 0.6) is 0 Å². The average Bonchev–Trinajstić information content (AvgIpc) is 2.13. The fraction of sp³-hybridized carbons (Fsp3) is 0.455. The molecule has 0 rings (SSSR count). The van der Waals surface area contributed by atoms with Crippen LogP contribution in [0.4, 0.5) is 0 Å². The van der Waals surface area contributed by atoms with Gasteiger partial charge in [0.2, 0.25) is 5.91 Å². The van der Waals surface area contributed by atoms with Crippen LogP contribution in [0.3, 0.4) is 0 Å². The molecule has 0 aromatic carbocycles. The van der Waals surface area contributed by atoms with Gasteiger partial charge in [0.1, 0.15) is 0 Å². The largest absolute Gasteiger partial charge is 0.466 e. The second-order valence-corrected chi connectivity index (χ2v) is 3.36. The van der Waals surface area contributed by atoms with Crippen LogP contribution in [0, 0.1) is 0 Å². The van der Waals surface area contributed by atoms with Crippen molar-refractivity contribution in [2.45, 2.75) is 27.2 Å². The van der Waals surface area contributed by atoms with Gasteiger partial charge in [0.15, 0.2) is 0 Å². The molecular formula is C11H17NO3. The molecule has 0 heterocycles. The molecule has 0 aromatic heterocycles. The summed E-state index contributed by atoms with van der Waals surface area (Å²) in [6.45, 7) is 5.29. The number of allylic oxidation sites excluding steroid dienone is 2. The Morgan fingerprint density at radius 3 is 2.27 bits per heavy atom. The molecule has 1 N–H and O–H groups in total. The maximum atomic E-state index is 11.0. The minimum atomic E-state index is -0.471. The first-order chi connectivity index (χ1) is 6.95. The van der Waals surface area contributed by atoms with Crippen LogP contribution in [0.2, 0.25) is 0 Å². The third-order valence-corrected chi connectivity index (χ3v) is 1.56. The van der Waals surface area contributed by atoms with Crippen molar-refractivity contribution in [3.05, 3.63) is 23.4 Å². The molecule has 0 aliphatic carbocycles. The Hall–Kier alpha value is -1.58. The molecular weight excluding hydrogens is 194 g/mol. The molecule has 0 aliphatic rings. The van der Waals surface area contributed by atoms with Gasteiger partial charge in [0, 0.05) is 25.1 Å². The lowest BCUT2D eigenvalue weighted by Gasteiger charge is -2.05. The van der Waals surface area contributed by atoms with Gasteiger partial charge < -0.3 is 10.1 Å². The van der Waals surface area contributed by atoms with Crippen molar-refractivity contribution in [3.8, 4) is 0 Å². The first kappa shape index (κ1) is 13.4.